The lowest BCUT2D eigenvalue weighted by Crippen LogP contribution is -2.52. The van der Waals surface area contributed by atoms with Gasteiger partial charge in [0.15, 0.2) is 0 Å². The van der Waals surface area contributed by atoms with E-state index < -0.39 is 11.9 Å². The van der Waals surface area contributed by atoms with E-state index in [2.05, 4.69) is 16.0 Å². The van der Waals surface area contributed by atoms with E-state index in [1.807, 2.05) is 6.07 Å². The quantitative estimate of drug-likeness (QED) is 0.635. The van der Waals surface area contributed by atoms with Gasteiger partial charge in [0, 0.05) is 30.8 Å². The van der Waals surface area contributed by atoms with Crippen molar-refractivity contribution in [2.24, 2.45) is 0 Å². The summed E-state index contributed by atoms with van der Waals surface area (Å²) in [5.41, 5.74) is 2.71. The molecule has 31 heavy (non-hydrogen) atoms. The van der Waals surface area contributed by atoms with Gasteiger partial charge < -0.3 is 20.3 Å². The van der Waals surface area contributed by atoms with Gasteiger partial charge in [-0.3, -0.25) is 19.7 Å². The minimum atomic E-state index is -0.670. The van der Waals surface area contributed by atoms with E-state index in [0.29, 0.717) is 23.4 Å². The van der Waals surface area contributed by atoms with Crippen LogP contribution in [0, 0.1) is 0 Å². The number of ether oxygens (including phenoxy) is 1. The number of piperidine rings is 1. The van der Waals surface area contributed by atoms with Crippen molar-refractivity contribution in [1.82, 2.24) is 15.5 Å². The molecule has 1 atom stereocenters. The third kappa shape index (κ3) is 4.20. The zero-order chi connectivity index (χ0) is 22.0. The van der Waals surface area contributed by atoms with Crippen LogP contribution in [0.3, 0.4) is 0 Å². The zero-order valence-electron chi connectivity index (χ0n) is 16.9. The standard InChI is InChI=1S/C22H22N4O5/c1-31-15-7-5-14(6-8-15)24-22(30)23-11-13-3-2-4-16-17(13)12-26(21(16)29)18-9-10-19(27)25-20(18)28/h2-8,18H,9-12H2,1H3,(H2,23,24,30)(H,25,27,28). The minimum absolute atomic E-state index is 0.205. The van der Waals surface area contributed by atoms with Gasteiger partial charge in [-0.05, 0) is 47.9 Å². The molecule has 5 amide bonds. The van der Waals surface area contributed by atoms with Gasteiger partial charge in [-0.1, -0.05) is 12.1 Å². The number of nitrogens with zero attached hydrogens (tertiary/aromatic N) is 1. The second-order valence-corrected chi connectivity index (χ2v) is 7.38. The minimum Gasteiger partial charge on any atom is -0.497 e. The number of fused-ring (bicyclic) bond motifs is 1. The number of nitrogens with one attached hydrogen (secondary N) is 3. The number of hydrogen-bond donors (Lipinski definition) is 3. The van der Waals surface area contributed by atoms with Gasteiger partial charge in [0.05, 0.1) is 7.11 Å². The molecule has 0 radical (unpaired) electrons. The molecule has 9 heteroatoms. The first-order valence-corrected chi connectivity index (χ1v) is 9.90. The fraction of sp³-hybridized carbons (Fsp3) is 0.273. The molecule has 0 aliphatic carbocycles. The highest BCUT2D eigenvalue weighted by Gasteiger charge is 2.39. The molecular weight excluding hydrogens is 400 g/mol. The number of carbonyl (C=O) groups excluding carboxylic acids is 4. The molecule has 1 fully saturated rings. The Morgan fingerprint density at radius 2 is 1.94 bits per heavy atom. The van der Waals surface area contributed by atoms with E-state index in [0.717, 1.165) is 11.1 Å². The Morgan fingerprint density at radius 3 is 2.65 bits per heavy atom. The number of anilines is 1. The van der Waals surface area contributed by atoms with Crippen molar-refractivity contribution in [2.75, 3.05) is 12.4 Å². The summed E-state index contributed by atoms with van der Waals surface area (Å²) in [4.78, 5) is 50.2. The van der Waals surface area contributed by atoms with Crippen LogP contribution >= 0.6 is 0 Å². The Morgan fingerprint density at radius 1 is 1.16 bits per heavy atom. The van der Waals surface area contributed by atoms with Gasteiger partial charge in [-0.25, -0.2) is 4.79 Å². The molecule has 2 aliphatic rings. The molecule has 2 aromatic carbocycles. The number of amides is 5. The Kier molecular flexibility index (Phi) is 5.57. The second-order valence-electron chi connectivity index (χ2n) is 7.38. The molecule has 160 valence electrons. The topological polar surface area (TPSA) is 117 Å². The van der Waals surface area contributed by atoms with E-state index >= 15 is 0 Å². The van der Waals surface area contributed by atoms with Crippen LogP contribution in [0.4, 0.5) is 10.5 Å². The predicted octanol–water partition coefficient (Wildman–Crippen LogP) is 1.78. The number of carbonyl (C=O) groups is 4. The molecule has 1 saturated heterocycles. The summed E-state index contributed by atoms with van der Waals surface area (Å²) in [5.74, 6) is -0.320. The summed E-state index contributed by atoms with van der Waals surface area (Å²) in [6, 6.07) is 11.2. The van der Waals surface area contributed by atoms with Crippen LogP contribution in [-0.4, -0.2) is 41.8 Å². The van der Waals surface area contributed by atoms with E-state index in [9.17, 15) is 19.2 Å². The Balaban J connectivity index is 1.41. The Labute approximate surface area is 178 Å². The molecule has 2 aliphatic heterocycles. The van der Waals surface area contributed by atoms with Crippen molar-refractivity contribution >= 4 is 29.4 Å². The third-order valence-corrected chi connectivity index (χ3v) is 5.47. The fourth-order valence-corrected chi connectivity index (χ4v) is 3.84. The van der Waals surface area contributed by atoms with Crippen molar-refractivity contribution in [2.45, 2.75) is 32.0 Å². The lowest BCUT2D eigenvalue weighted by Gasteiger charge is -2.29. The van der Waals surface area contributed by atoms with Gasteiger partial charge in [-0.15, -0.1) is 0 Å². The molecule has 4 rings (SSSR count). The molecule has 1 unspecified atom stereocenters. The van der Waals surface area contributed by atoms with E-state index in [4.69, 9.17) is 4.74 Å². The predicted molar refractivity (Wildman–Crippen MR) is 111 cm³/mol. The third-order valence-electron chi connectivity index (χ3n) is 5.47. The summed E-state index contributed by atoms with van der Waals surface area (Å²) in [6.45, 7) is 0.486. The first kappa shape index (κ1) is 20.4. The number of hydrogen-bond acceptors (Lipinski definition) is 5. The molecule has 0 spiro atoms. The van der Waals surface area contributed by atoms with Crippen LogP contribution in [0.5, 0.6) is 5.75 Å². The largest absolute Gasteiger partial charge is 0.497 e. The molecule has 2 heterocycles. The maximum absolute atomic E-state index is 12.9. The average molecular weight is 422 g/mol. The van der Waals surface area contributed by atoms with Crippen LogP contribution in [-0.2, 0) is 22.7 Å². The SMILES string of the molecule is COc1ccc(NC(=O)NCc2cccc3c2CN(C2CCC(=O)NC2=O)C3=O)cc1. The van der Waals surface area contributed by atoms with E-state index in [1.165, 1.54) is 4.90 Å². The molecule has 9 nitrogen and oxygen atoms in total. The summed E-state index contributed by atoms with van der Waals surface area (Å²) in [6.07, 6.45) is 0.513. The summed E-state index contributed by atoms with van der Waals surface area (Å²) >= 11 is 0. The first-order chi connectivity index (χ1) is 15.0. The van der Waals surface area contributed by atoms with Crippen LogP contribution in [0.15, 0.2) is 42.5 Å². The number of methoxy groups -OCH3 is 1. The lowest BCUT2D eigenvalue weighted by atomic mass is 10.0. The highest BCUT2D eigenvalue weighted by molar-refractivity contribution is 6.05. The monoisotopic (exact) mass is 422 g/mol. The molecule has 3 N–H and O–H groups in total. The normalized spacial score (nSPS) is 17.8. The fourth-order valence-electron chi connectivity index (χ4n) is 3.84. The molecular formula is C22H22N4O5. The van der Waals surface area contributed by atoms with Gasteiger partial charge in [0.1, 0.15) is 11.8 Å². The molecule has 0 bridgehead atoms. The average Bonchev–Trinajstić information content (AvgIpc) is 3.10. The molecule has 2 aromatic rings. The van der Waals surface area contributed by atoms with Gasteiger partial charge in [0.2, 0.25) is 11.8 Å². The zero-order valence-corrected chi connectivity index (χ0v) is 16.9. The van der Waals surface area contributed by atoms with Crippen LogP contribution in [0.1, 0.15) is 34.3 Å². The number of urea groups is 1. The van der Waals surface area contributed by atoms with Gasteiger partial charge in [-0.2, -0.15) is 0 Å². The maximum Gasteiger partial charge on any atom is 0.319 e. The first-order valence-electron chi connectivity index (χ1n) is 9.90. The van der Waals surface area contributed by atoms with E-state index in [1.54, 1.807) is 43.5 Å². The summed E-state index contributed by atoms with van der Waals surface area (Å²) in [5, 5.41) is 7.83. The number of imide groups is 1. The van der Waals surface area contributed by atoms with Crippen LogP contribution in [0.2, 0.25) is 0 Å². The number of rotatable bonds is 5. The summed E-state index contributed by atoms with van der Waals surface area (Å²) < 4.78 is 5.09. The molecule has 0 aromatic heterocycles. The van der Waals surface area contributed by atoms with Gasteiger partial charge in [0.25, 0.3) is 5.91 Å². The van der Waals surface area contributed by atoms with Gasteiger partial charge >= 0.3 is 6.03 Å². The van der Waals surface area contributed by atoms with Crippen molar-refractivity contribution in [3.63, 3.8) is 0 Å². The maximum atomic E-state index is 12.9. The van der Waals surface area contributed by atoms with Crippen molar-refractivity contribution < 1.29 is 23.9 Å². The lowest BCUT2D eigenvalue weighted by molar-refractivity contribution is -0.136. The second kappa shape index (κ2) is 8.47. The highest BCUT2D eigenvalue weighted by atomic mass is 16.5. The molecule has 0 saturated carbocycles. The highest BCUT2D eigenvalue weighted by Crippen LogP contribution is 2.29. The van der Waals surface area contributed by atoms with Crippen molar-refractivity contribution in [1.29, 1.82) is 0 Å². The number of benzene rings is 2. The van der Waals surface area contributed by atoms with Crippen molar-refractivity contribution in [3.05, 3.63) is 59.2 Å². The summed E-state index contributed by atoms with van der Waals surface area (Å²) in [7, 11) is 1.57. The van der Waals surface area contributed by atoms with Crippen molar-refractivity contribution in [3.8, 4) is 5.75 Å². The van der Waals surface area contributed by atoms with Crippen LogP contribution < -0.4 is 20.7 Å². The Hall–Kier alpha value is -3.88. The van der Waals surface area contributed by atoms with Crippen LogP contribution in [0.25, 0.3) is 0 Å². The Bertz CT molecular complexity index is 1050. The smallest absolute Gasteiger partial charge is 0.319 e. The van der Waals surface area contributed by atoms with E-state index in [-0.39, 0.29) is 37.4 Å².